The highest BCUT2D eigenvalue weighted by Crippen LogP contribution is 2.53. The smallest absolute Gasteiger partial charge is 0.138 e. The van der Waals surface area contributed by atoms with E-state index in [1.807, 2.05) is 34.6 Å². The molecule has 5 rings (SSSR count). The number of ether oxygens (including phenoxy) is 1. The van der Waals surface area contributed by atoms with Gasteiger partial charge in [-0.15, -0.1) is 0 Å². The van der Waals surface area contributed by atoms with Crippen LogP contribution in [-0.2, 0) is 16.0 Å². The number of ketones is 1. The normalized spacial score (nSPS) is 21.2. The van der Waals surface area contributed by atoms with Crippen LogP contribution in [0, 0.1) is 31.5 Å². The molecule has 0 spiro atoms. The summed E-state index contributed by atoms with van der Waals surface area (Å²) in [5.41, 5.74) is 4.11. The molecule has 4 aliphatic rings. The van der Waals surface area contributed by atoms with Crippen molar-refractivity contribution in [3.8, 4) is 0 Å². The van der Waals surface area contributed by atoms with Gasteiger partial charge in [0.25, 0.3) is 0 Å². The summed E-state index contributed by atoms with van der Waals surface area (Å²) in [6, 6.07) is 3.19. The van der Waals surface area contributed by atoms with Crippen LogP contribution in [0.4, 0.5) is 4.39 Å². The van der Waals surface area contributed by atoms with Crippen molar-refractivity contribution < 1.29 is 13.9 Å². The molecule has 0 radical (unpaired) electrons. The molecule has 2 saturated carbocycles. The van der Waals surface area contributed by atoms with E-state index >= 15 is 0 Å². The van der Waals surface area contributed by atoms with E-state index < -0.39 is 0 Å². The molecule has 2 aliphatic heterocycles. The molecule has 0 amide bonds. The number of likely N-dealkylation sites (tertiary alicyclic amines) is 1. The molecule has 4 fully saturated rings. The molecule has 2 aliphatic carbocycles. The van der Waals surface area contributed by atoms with E-state index in [2.05, 4.69) is 25.7 Å². The van der Waals surface area contributed by atoms with E-state index in [4.69, 9.17) is 4.74 Å². The van der Waals surface area contributed by atoms with E-state index in [0.717, 1.165) is 67.7 Å². The van der Waals surface area contributed by atoms with Crippen LogP contribution in [0.15, 0.2) is 12.1 Å². The number of halogens is 1. The second kappa shape index (κ2) is 22.3. The Morgan fingerprint density at radius 2 is 1.55 bits per heavy atom. The highest BCUT2D eigenvalue weighted by Gasteiger charge is 2.53. The number of nitrogens with zero attached hydrogens (tertiary/aromatic N) is 1. The minimum absolute atomic E-state index is 0.120. The van der Waals surface area contributed by atoms with Crippen LogP contribution in [0.3, 0.4) is 0 Å². The number of hydrogen-bond donors (Lipinski definition) is 0. The van der Waals surface area contributed by atoms with Crippen LogP contribution >= 0.6 is 0 Å². The van der Waals surface area contributed by atoms with Crippen molar-refractivity contribution >= 4 is 5.78 Å². The van der Waals surface area contributed by atoms with E-state index in [0.29, 0.717) is 12.4 Å². The van der Waals surface area contributed by atoms with Crippen molar-refractivity contribution in [1.29, 1.82) is 0 Å². The molecule has 0 N–H and O–H groups in total. The van der Waals surface area contributed by atoms with Crippen LogP contribution in [0.2, 0.25) is 0 Å². The minimum Gasteiger partial charge on any atom is -0.381 e. The lowest BCUT2D eigenvalue weighted by atomic mass is 9.92. The third kappa shape index (κ3) is 13.2. The Kier molecular flexibility index (Phi) is 20.6. The number of aryl methyl sites for hydroxylation is 2. The fourth-order valence-electron chi connectivity index (χ4n) is 6.71. The first-order valence-corrected chi connectivity index (χ1v) is 17.9. The van der Waals surface area contributed by atoms with E-state index in [1.54, 1.807) is 12.1 Å². The van der Waals surface area contributed by atoms with E-state index in [9.17, 15) is 9.18 Å². The number of unbranched alkanes of at least 4 members (excludes halogenated alkanes) is 1. The van der Waals surface area contributed by atoms with Crippen molar-refractivity contribution in [3.05, 3.63) is 34.6 Å². The zero-order valence-electron chi connectivity index (χ0n) is 29.1. The van der Waals surface area contributed by atoms with E-state index in [1.165, 1.54) is 82.9 Å². The maximum absolute atomic E-state index is 12.8. The standard InChI is InChI=1S/C13H23N.C10H13F.C10H18O2.C3H8.C2H6/c1-4-10-14(11-5-1)13(8-9-13)12-6-2-3-7-12;1-4-9-6-10(11)5-7(2)8(9)3;1-2-3-6-10(11)9-5-4-7-12-8-9;1-3-2;1-2/h12H,1-11H2;5-6H,4H2,1-3H3;9H,2-8H2,1H3;3H2,1-2H3;1-2H3. The molecule has 0 aromatic heterocycles. The van der Waals surface area contributed by atoms with Gasteiger partial charge < -0.3 is 4.74 Å². The Balaban J connectivity index is 0.000000295. The summed E-state index contributed by atoms with van der Waals surface area (Å²) >= 11 is 0. The second-order valence-electron chi connectivity index (χ2n) is 12.7. The zero-order valence-corrected chi connectivity index (χ0v) is 29.1. The summed E-state index contributed by atoms with van der Waals surface area (Å²) in [6.07, 6.45) is 20.7. The second-order valence-corrected chi connectivity index (χ2v) is 12.7. The summed E-state index contributed by atoms with van der Waals surface area (Å²) in [4.78, 5) is 14.3. The lowest BCUT2D eigenvalue weighted by molar-refractivity contribution is -0.126. The number of carbonyl (C=O) groups is 1. The van der Waals surface area contributed by atoms with Crippen LogP contribution in [0.1, 0.15) is 155 Å². The van der Waals surface area contributed by atoms with Gasteiger partial charge in [-0.1, -0.05) is 73.6 Å². The monoisotopic (exact) mass is 590 g/mol. The van der Waals surface area contributed by atoms with Gasteiger partial charge >= 0.3 is 0 Å². The zero-order chi connectivity index (χ0) is 31.4. The molecule has 3 nitrogen and oxygen atoms in total. The molecular weight excluding hydrogens is 521 g/mol. The van der Waals surface area contributed by atoms with Crippen LogP contribution in [-0.4, -0.2) is 42.5 Å². The van der Waals surface area contributed by atoms with Gasteiger partial charge in [0.2, 0.25) is 0 Å². The van der Waals surface area contributed by atoms with Crippen molar-refractivity contribution in [2.24, 2.45) is 11.8 Å². The van der Waals surface area contributed by atoms with Crippen molar-refractivity contribution in [2.45, 2.75) is 164 Å². The Bertz CT molecular complexity index is 832. The van der Waals surface area contributed by atoms with Crippen molar-refractivity contribution in [1.82, 2.24) is 4.90 Å². The van der Waals surface area contributed by atoms with Crippen LogP contribution in [0.25, 0.3) is 0 Å². The average molecular weight is 590 g/mol. The minimum atomic E-state index is -0.120. The summed E-state index contributed by atoms with van der Waals surface area (Å²) in [7, 11) is 0. The highest BCUT2D eigenvalue weighted by molar-refractivity contribution is 5.81. The van der Waals surface area contributed by atoms with E-state index in [-0.39, 0.29) is 11.7 Å². The number of hydrogen-bond acceptors (Lipinski definition) is 3. The number of benzene rings is 1. The van der Waals surface area contributed by atoms with Gasteiger partial charge in [0, 0.05) is 24.5 Å². The summed E-state index contributed by atoms with van der Waals surface area (Å²) in [5, 5.41) is 0. The number of piperidine rings is 1. The highest BCUT2D eigenvalue weighted by atomic mass is 19.1. The molecule has 1 aromatic rings. The van der Waals surface area contributed by atoms with Crippen molar-refractivity contribution in [3.63, 3.8) is 0 Å². The van der Waals surface area contributed by atoms with Gasteiger partial charge in [0.15, 0.2) is 0 Å². The number of Topliss-reactive ketones (excluding diaryl/α,β-unsaturated/α-hetero) is 1. The lowest BCUT2D eigenvalue weighted by Gasteiger charge is -2.38. The quantitative estimate of drug-likeness (QED) is 0.317. The Hall–Kier alpha value is -1.26. The van der Waals surface area contributed by atoms with Gasteiger partial charge in [0.1, 0.15) is 11.6 Å². The molecule has 42 heavy (non-hydrogen) atoms. The average Bonchev–Trinajstić information content (AvgIpc) is 3.65. The van der Waals surface area contributed by atoms with Crippen LogP contribution < -0.4 is 0 Å². The predicted octanol–water partition coefficient (Wildman–Crippen LogP) is 10.8. The summed E-state index contributed by atoms with van der Waals surface area (Å²) in [5.74, 6) is 1.59. The Morgan fingerprint density at radius 3 is 2.05 bits per heavy atom. The molecular formula is C38H68FNO2. The fraction of sp³-hybridized carbons (Fsp3) is 0.816. The fourth-order valence-corrected chi connectivity index (χ4v) is 6.71. The third-order valence-corrected chi connectivity index (χ3v) is 9.38. The molecule has 1 aromatic carbocycles. The summed E-state index contributed by atoms with van der Waals surface area (Å²) < 4.78 is 18.1. The van der Waals surface area contributed by atoms with Crippen molar-refractivity contribution in [2.75, 3.05) is 26.3 Å². The molecule has 4 heteroatoms. The summed E-state index contributed by atoms with van der Waals surface area (Å²) in [6.45, 7) is 20.7. The number of rotatable bonds is 7. The Morgan fingerprint density at radius 1 is 0.929 bits per heavy atom. The predicted molar refractivity (Wildman–Crippen MR) is 180 cm³/mol. The first kappa shape index (κ1) is 38.8. The topological polar surface area (TPSA) is 29.5 Å². The van der Waals surface area contributed by atoms with Gasteiger partial charge in [-0.3, -0.25) is 9.69 Å². The maximum Gasteiger partial charge on any atom is 0.138 e. The largest absolute Gasteiger partial charge is 0.381 e. The van der Waals surface area contributed by atoms with Gasteiger partial charge in [-0.05, 0) is 126 Å². The molecule has 0 bridgehead atoms. The molecule has 244 valence electrons. The van der Waals surface area contributed by atoms with Gasteiger partial charge in [0.05, 0.1) is 6.61 Å². The molecule has 2 heterocycles. The molecule has 2 saturated heterocycles. The number of carbonyl (C=O) groups excluding carboxylic acids is 1. The third-order valence-electron chi connectivity index (χ3n) is 9.38. The Labute approximate surface area is 260 Å². The lowest BCUT2D eigenvalue weighted by Crippen LogP contribution is -2.45. The van der Waals surface area contributed by atoms with Gasteiger partial charge in [-0.25, -0.2) is 4.39 Å². The van der Waals surface area contributed by atoms with Crippen LogP contribution in [0.5, 0.6) is 0 Å². The SMILES string of the molecule is C1CCN(C2(C3CCCC3)CC2)CC1.CC.CCC.CCCCC(=O)C1CCCOC1.CCc1cc(F)cc(C)c1C. The molecule has 1 atom stereocenters. The maximum atomic E-state index is 12.8. The molecule has 1 unspecified atom stereocenters. The first-order valence-electron chi connectivity index (χ1n) is 17.9. The van der Waals surface area contributed by atoms with Gasteiger partial charge in [-0.2, -0.15) is 0 Å². The first-order chi connectivity index (χ1) is 20.3.